The summed E-state index contributed by atoms with van der Waals surface area (Å²) in [4.78, 5) is 15.4. The average molecular weight is 255 g/mol. The summed E-state index contributed by atoms with van der Waals surface area (Å²) < 4.78 is 9.99. The van der Waals surface area contributed by atoms with Gasteiger partial charge in [-0.2, -0.15) is 4.98 Å². The fraction of sp³-hybridized carbons (Fsp3) is 0.667. The fourth-order valence-corrected chi connectivity index (χ4v) is 1.60. The van der Waals surface area contributed by atoms with Crippen LogP contribution in [0.4, 0.5) is 6.01 Å². The molecule has 0 aliphatic rings. The van der Waals surface area contributed by atoms with Crippen LogP contribution in [0.2, 0.25) is 0 Å². The van der Waals surface area contributed by atoms with Gasteiger partial charge in [0.15, 0.2) is 5.69 Å². The minimum absolute atomic E-state index is 0.0821. The second-order valence-corrected chi connectivity index (χ2v) is 4.46. The molecule has 1 aromatic rings. The first-order chi connectivity index (χ1) is 8.56. The van der Waals surface area contributed by atoms with Gasteiger partial charge in [0.2, 0.25) is 0 Å². The first kappa shape index (κ1) is 14.5. The van der Waals surface area contributed by atoms with E-state index in [-0.39, 0.29) is 11.7 Å². The van der Waals surface area contributed by atoms with Gasteiger partial charge >= 0.3 is 5.97 Å². The van der Waals surface area contributed by atoms with Crippen LogP contribution >= 0.6 is 0 Å². The first-order valence-electron chi connectivity index (χ1n) is 6.16. The highest BCUT2D eigenvalue weighted by Gasteiger charge is 2.16. The van der Waals surface area contributed by atoms with Crippen molar-refractivity contribution in [2.75, 3.05) is 18.5 Å². The maximum Gasteiger partial charge on any atom is 0.360 e. The molecule has 0 saturated carbocycles. The summed E-state index contributed by atoms with van der Waals surface area (Å²) in [5.41, 5.74) is 5.83. The van der Waals surface area contributed by atoms with Crippen molar-refractivity contribution in [3.05, 3.63) is 12.0 Å². The van der Waals surface area contributed by atoms with E-state index in [1.807, 2.05) is 0 Å². The number of nitrogens with zero attached hydrogens (tertiary/aromatic N) is 1. The van der Waals surface area contributed by atoms with Gasteiger partial charge in [-0.15, -0.1) is 0 Å². The Morgan fingerprint density at radius 3 is 2.89 bits per heavy atom. The Bertz CT molecular complexity index is 376. The Labute approximate surface area is 107 Å². The molecule has 0 aliphatic carbocycles. The number of aromatic nitrogens is 1. The first-order valence-corrected chi connectivity index (χ1v) is 6.16. The van der Waals surface area contributed by atoms with Crippen LogP contribution in [-0.4, -0.2) is 30.1 Å². The SMILES string of the molecule is CCOC(=O)c1coc(NC(CN)CC(C)C)n1. The van der Waals surface area contributed by atoms with Crippen molar-refractivity contribution < 1.29 is 13.9 Å². The van der Waals surface area contributed by atoms with Crippen LogP contribution in [0.25, 0.3) is 0 Å². The topological polar surface area (TPSA) is 90.4 Å². The van der Waals surface area contributed by atoms with Crippen molar-refractivity contribution in [2.24, 2.45) is 11.7 Å². The van der Waals surface area contributed by atoms with Crippen LogP contribution in [0, 0.1) is 5.92 Å². The standard InChI is InChI=1S/C12H21N3O3/c1-4-17-11(16)10-7-18-12(15-10)14-9(6-13)5-8(2)3/h7-9H,4-6,13H2,1-3H3,(H,14,15). The molecule has 6 nitrogen and oxygen atoms in total. The van der Waals surface area contributed by atoms with Gasteiger partial charge in [0, 0.05) is 12.6 Å². The van der Waals surface area contributed by atoms with Crippen LogP contribution < -0.4 is 11.1 Å². The Morgan fingerprint density at radius 2 is 2.33 bits per heavy atom. The van der Waals surface area contributed by atoms with Gasteiger partial charge in [0.05, 0.1) is 6.61 Å². The maximum absolute atomic E-state index is 11.4. The molecule has 1 heterocycles. The van der Waals surface area contributed by atoms with Crippen molar-refractivity contribution in [2.45, 2.75) is 33.2 Å². The number of anilines is 1. The average Bonchev–Trinajstić information content (AvgIpc) is 2.76. The van der Waals surface area contributed by atoms with Crippen LogP contribution in [-0.2, 0) is 4.74 Å². The third-order valence-electron chi connectivity index (χ3n) is 2.36. The van der Waals surface area contributed by atoms with E-state index in [0.29, 0.717) is 25.1 Å². The van der Waals surface area contributed by atoms with E-state index in [9.17, 15) is 4.79 Å². The number of hydrogen-bond acceptors (Lipinski definition) is 6. The summed E-state index contributed by atoms with van der Waals surface area (Å²) in [5, 5.41) is 3.07. The predicted octanol–water partition coefficient (Wildman–Crippen LogP) is 1.64. The molecule has 1 atom stereocenters. The van der Waals surface area contributed by atoms with Gasteiger partial charge in [0.25, 0.3) is 6.01 Å². The molecule has 0 fully saturated rings. The summed E-state index contributed by atoms with van der Waals surface area (Å²) in [7, 11) is 0. The molecule has 18 heavy (non-hydrogen) atoms. The molecule has 1 rings (SSSR count). The van der Waals surface area contributed by atoms with E-state index in [1.54, 1.807) is 6.92 Å². The lowest BCUT2D eigenvalue weighted by molar-refractivity contribution is 0.0519. The predicted molar refractivity (Wildman–Crippen MR) is 68.4 cm³/mol. The Hall–Kier alpha value is -1.56. The minimum atomic E-state index is -0.484. The number of esters is 1. The molecule has 1 unspecified atom stereocenters. The second kappa shape index (κ2) is 7.00. The lowest BCUT2D eigenvalue weighted by Crippen LogP contribution is -2.30. The molecule has 0 radical (unpaired) electrons. The van der Waals surface area contributed by atoms with Gasteiger partial charge in [-0.05, 0) is 19.3 Å². The zero-order valence-corrected chi connectivity index (χ0v) is 11.1. The molecular weight excluding hydrogens is 234 g/mol. The van der Waals surface area contributed by atoms with E-state index in [1.165, 1.54) is 6.26 Å². The Morgan fingerprint density at radius 1 is 1.61 bits per heavy atom. The second-order valence-electron chi connectivity index (χ2n) is 4.46. The van der Waals surface area contributed by atoms with Crippen LogP contribution in [0.5, 0.6) is 0 Å². The number of nitrogens with two attached hydrogens (primary N) is 1. The molecule has 0 spiro atoms. The smallest absolute Gasteiger partial charge is 0.360 e. The normalized spacial score (nSPS) is 12.5. The van der Waals surface area contributed by atoms with Gasteiger partial charge in [0.1, 0.15) is 6.26 Å². The van der Waals surface area contributed by atoms with E-state index in [2.05, 4.69) is 24.1 Å². The lowest BCUT2D eigenvalue weighted by atomic mass is 10.0. The summed E-state index contributed by atoms with van der Waals surface area (Å²) in [6.45, 7) is 6.76. The molecule has 0 amide bonds. The summed E-state index contributed by atoms with van der Waals surface area (Å²) >= 11 is 0. The lowest BCUT2D eigenvalue weighted by Gasteiger charge is -2.17. The molecule has 102 valence electrons. The summed E-state index contributed by atoms with van der Waals surface area (Å²) in [6, 6.07) is 0.382. The molecule has 1 aromatic heterocycles. The van der Waals surface area contributed by atoms with Crippen LogP contribution in [0.3, 0.4) is 0 Å². The van der Waals surface area contributed by atoms with Crippen molar-refractivity contribution in [1.82, 2.24) is 4.98 Å². The maximum atomic E-state index is 11.4. The molecule has 0 bridgehead atoms. The summed E-state index contributed by atoms with van der Waals surface area (Å²) in [5.74, 6) is 0.0352. The zero-order valence-electron chi connectivity index (χ0n) is 11.1. The molecule has 6 heteroatoms. The largest absolute Gasteiger partial charge is 0.461 e. The zero-order chi connectivity index (χ0) is 13.5. The number of hydrogen-bond donors (Lipinski definition) is 2. The third kappa shape index (κ3) is 4.37. The highest BCUT2D eigenvalue weighted by Crippen LogP contribution is 2.13. The molecule has 0 saturated heterocycles. The Balaban J connectivity index is 2.59. The van der Waals surface area contributed by atoms with Crippen molar-refractivity contribution in [3.63, 3.8) is 0 Å². The highest BCUT2D eigenvalue weighted by molar-refractivity contribution is 5.87. The van der Waals surface area contributed by atoms with Gasteiger partial charge in [-0.25, -0.2) is 4.79 Å². The molecular formula is C12H21N3O3. The van der Waals surface area contributed by atoms with E-state index in [0.717, 1.165) is 6.42 Å². The number of rotatable bonds is 7. The van der Waals surface area contributed by atoms with E-state index < -0.39 is 5.97 Å². The third-order valence-corrected chi connectivity index (χ3v) is 2.36. The molecule has 0 aliphatic heterocycles. The quantitative estimate of drug-likeness (QED) is 0.720. The van der Waals surface area contributed by atoms with Crippen LogP contribution in [0.15, 0.2) is 10.7 Å². The number of nitrogens with one attached hydrogen (secondary N) is 1. The highest BCUT2D eigenvalue weighted by atomic mass is 16.5. The number of carbonyl (C=O) groups excluding carboxylic acids is 1. The van der Waals surface area contributed by atoms with Gasteiger partial charge in [-0.1, -0.05) is 13.8 Å². The monoisotopic (exact) mass is 255 g/mol. The number of ether oxygens (including phenoxy) is 1. The van der Waals surface area contributed by atoms with Crippen molar-refractivity contribution in [1.29, 1.82) is 0 Å². The van der Waals surface area contributed by atoms with Gasteiger partial charge in [-0.3, -0.25) is 0 Å². The molecule has 3 N–H and O–H groups in total. The van der Waals surface area contributed by atoms with E-state index >= 15 is 0 Å². The Kier molecular flexibility index (Phi) is 5.64. The summed E-state index contributed by atoms with van der Waals surface area (Å²) in [6.07, 6.45) is 2.19. The number of oxazole rings is 1. The minimum Gasteiger partial charge on any atom is -0.461 e. The van der Waals surface area contributed by atoms with Gasteiger partial charge < -0.3 is 20.2 Å². The van der Waals surface area contributed by atoms with Crippen LogP contribution in [0.1, 0.15) is 37.7 Å². The molecule has 0 aromatic carbocycles. The van der Waals surface area contributed by atoms with Crippen molar-refractivity contribution in [3.8, 4) is 0 Å². The van der Waals surface area contributed by atoms with E-state index in [4.69, 9.17) is 14.9 Å². The number of carbonyl (C=O) groups is 1. The van der Waals surface area contributed by atoms with Crippen molar-refractivity contribution >= 4 is 12.0 Å². The fourth-order valence-electron chi connectivity index (χ4n) is 1.60.